The molecule has 0 aliphatic carbocycles. The number of hydrogen-bond donors (Lipinski definition) is 0. The molecule has 0 saturated carbocycles. The van der Waals surface area contributed by atoms with Gasteiger partial charge < -0.3 is 9.30 Å². The molecule has 0 saturated heterocycles. The largest absolute Gasteiger partial charge is 0.495 e. The standard InChI is InChI=1S/C23H24ClNO2/c1-15-6-5-7-18(10-15)11-17(3)25-14-22(27-4)21(13-23(25)26)20-12-19(24)9-8-16(20)2/h5-10,12-14,17H,11H2,1-4H3. The third-order valence-electron chi connectivity index (χ3n) is 4.84. The molecule has 0 N–H and O–H groups in total. The second kappa shape index (κ2) is 8.01. The average Bonchev–Trinajstić information content (AvgIpc) is 2.63. The molecule has 2 aromatic carbocycles. The molecule has 0 radical (unpaired) electrons. The van der Waals surface area contributed by atoms with Crippen LogP contribution in [-0.4, -0.2) is 11.7 Å². The van der Waals surface area contributed by atoms with Crippen molar-refractivity contribution < 1.29 is 4.74 Å². The second-order valence-electron chi connectivity index (χ2n) is 7.00. The van der Waals surface area contributed by atoms with E-state index in [9.17, 15) is 4.79 Å². The van der Waals surface area contributed by atoms with Gasteiger partial charge >= 0.3 is 0 Å². The van der Waals surface area contributed by atoms with Crippen LogP contribution in [0, 0.1) is 13.8 Å². The van der Waals surface area contributed by atoms with Crippen LogP contribution < -0.4 is 10.3 Å². The quantitative estimate of drug-likeness (QED) is 0.576. The van der Waals surface area contributed by atoms with Gasteiger partial charge in [0, 0.05) is 22.7 Å². The van der Waals surface area contributed by atoms with Gasteiger partial charge in [0.05, 0.1) is 13.3 Å². The lowest BCUT2D eigenvalue weighted by Crippen LogP contribution is -2.24. The van der Waals surface area contributed by atoms with E-state index in [2.05, 4.69) is 25.1 Å². The second-order valence-corrected chi connectivity index (χ2v) is 7.44. The smallest absolute Gasteiger partial charge is 0.251 e. The molecule has 27 heavy (non-hydrogen) atoms. The van der Waals surface area contributed by atoms with E-state index in [0.29, 0.717) is 10.8 Å². The molecule has 0 spiro atoms. The predicted octanol–water partition coefficient (Wildman–Crippen LogP) is 5.60. The Morgan fingerprint density at radius 1 is 1.07 bits per heavy atom. The Labute approximate surface area is 165 Å². The highest BCUT2D eigenvalue weighted by atomic mass is 35.5. The number of methoxy groups -OCH3 is 1. The first-order valence-electron chi connectivity index (χ1n) is 9.01. The fourth-order valence-corrected chi connectivity index (χ4v) is 3.58. The molecule has 140 valence electrons. The van der Waals surface area contributed by atoms with E-state index in [1.54, 1.807) is 23.9 Å². The van der Waals surface area contributed by atoms with E-state index < -0.39 is 0 Å². The van der Waals surface area contributed by atoms with Gasteiger partial charge in [0.15, 0.2) is 0 Å². The summed E-state index contributed by atoms with van der Waals surface area (Å²) < 4.78 is 7.35. The van der Waals surface area contributed by atoms with E-state index in [4.69, 9.17) is 16.3 Å². The van der Waals surface area contributed by atoms with Crippen molar-refractivity contribution in [2.45, 2.75) is 33.2 Å². The van der Waals surface area contributed by atoms with E-state index in [1.807, 2.05) is 38.1 Å². The molecule has 0 aliphatic heterocycles. The van der Waals surface area contributed by atoms with Gasteiger partial charge in [-0.1, -0.05) is 47.5 Å². The first kappa shape index (κ1) is 19.2. The molecule has 0 aliphatic rings. The van der Waals surface area contributed by atoms with Crippen LogP contribution in [0.4, 0.5) is 0 Å². The predicted molar refractivity (Wildman–Crippen MR) is 112 cm³/mol. The van der Waals surface area contributed by atoms with Gasteiger partial charge in [-0.05, 0) is 56.0 Å². The number of aromatic nitrogens is 1. The highest BCUT2D eigenvalue weighted by molar-refractivity contribution is 6.30. The average molecular weight is 382 g/mol. The number of nitrogens with zero attached hydrogens (tertiary/aromatic N) is 1. The van der Waals surface area contributed by atoms with Crippen LogP contribution in [0.3, 0.4) is 0 Å². The van der Waals surface area contributed by atoms with Crippen molar-refractivity contribution in [3.8, 4) is 16.9 Å². The number of pyridine rings is 1. The summed E-state index contributed by atoms with van der Waals surface area (Å²) in [6.07, 6.45) is 2.58. The third-order valence-corrected chi connectivity index (χ3v) is 5.08. The highest BCUT2D eigenvalue weighted by Crippen LogP contribution is 2.33. The minimum absolute atomic E-state index is 0.0164. The van der Waals surface area contributed by atoms with Crippen LogP contribution in [0.25, 0.3) is 11.1 Å². The van der Waals surface area contributed by atoms with Crippen molar-refractivity contribution in [1.29, 1.82) is 0 Å². The first-order chi connectivity index (χ1) is 12.9. The zero-order valence-corrected chi connectivity index (χ0v) is 16.9. The first-order valence-corrected chi connectivity index (χ1v) is 9.39. The Morgan fingerprint density at radius 3 is 2.56 bits per heavy atom. The number of hydrogen-bond acceptors (Lipinski definition) is 2. The van der Waals surface area contributed by atoms with Crippen LogP contribution in [0.2, 0.25) is 5.02 Å². The fraction of sp³-hybridized carbons (Fsp3) is 0.261. The maximum absolute atomic E-state index is 12.9. The Morgan fingerprint density at radius 2 is 1.85 bits per heavy atom. The number of aryl methyl sites for hydroxylation is 2. The van der Waals surface area contributed by atoms with Crippen LogP contribution in [0.15, 0.2) is 59.5 Å². The molecular weight excluding hydrogens is 358 g/mol. The molecule has 1 aromatic heterocycles. The molecule has 0 fully saturated rings. The van der Waals surface area contributed by atoms with Gasteiger partial charge in [-0.2, -0.15) is 0 Å². The minimum atomic E-state index is -0.0506. The van der Waals surface area contributed by atoms with E-state index in [1.165, 1.54) is 11.1 Å². The lowest BCUT2D eigenvalue weighted by atomic mass is 10.00. The monoisotopic (exact) mass is 381 g/mol. The normalized spacial score (nSPS) is 12.0. The van der Waals surface area contributed by atoms with Crippen molar-refractivity contribution in [1.82, 2.24) is 4.57 Å². The maximum atomic E-state index is 12.9. The van der Waals surface area contributed by atoms with Crippen molar-refractivity contribution in [2.24, 2.45) is 0 Å². The van der Waals surface area contributed by atoms with Gasteiger partial charge in [0.25, 0.3) is 5.56 Å². The van der Waals surface area contributed by atoms with Gasteiger partial charge in [-0.15, -0.1) is 0 Å². The molecule has 3 aromatic rings. The van der Waals surface area contributed by atoms with Gasteiger partial charge in [0.1, 0.15) is 5.75 Å². The van der Waals surface area contributed by atoms with Crippen LogP contribution in [0.1, 0.15) is 29.7 Å². The summed E-state index contributed by atoms with van der Waals surface area (Å²) in [5.41, 5.74) is 5.10. The molecule has 3 nitrogen and oxygen atoms in total. The Balaban J connectivity index is 2.01. The van der Waals surface area contributed by atoms with E-state index in [0.717, 1.165) is 23.1 Å². The van der Waals surface area contributed by atoms with Crippen molar-refractivity contribution >= 4 is 11.6 Å². The van der Waals surface area contributed by atoms with Crippen molar-refractivity contribution in [2.75, 3.05) is 7.11 Å². The molecule has 0 bridgehead atoms. The van der Waals surface area contributed by atoms with Crippen LogP contribution in [0.5, 0.6) is 5.75 Å². The molecular formula is C23H24ClNO2. The Hall–Kier alpha value is -2.52. The maximum Gasteiger partial charge on any atom is 0.251 e. The summed E-state index contributed by atoms with van der Waals surface area (Å²) in [5.74, 6) is 0.663. The fourth-order valence-electron chi connectivity index (χ4n) is 3.41. The topological polar surface area (TPSA) is 31.2 Å². The van der Waals surface area contributed by atoms with Gasteiger partial charge in [-0.3, -0.25) is 4.79 Å². The number of ether oxygens (including phenoxy) is 1. The van der Waals surface area contributed by atoms with E-state index >= 15 is 0 Å². The molecule has 4 heteroatoms. The zero-order chi connectivity index (χ0) is 19.6. The summed E-state index contributed by atoms with van der Waals surface area (Å²) in [4.78, 5) is 12.9. The Bertz CT molecular complexity index is 1020. The Kier molecular flexibility index (Phi) is 5.71. The number of halogens is 1. The SMILES string of the molecule is COc1cn(C(C)Cc2cccc(C)c2)c(=O)cc1-c1cc(Cl)ccc1C. The summed E-state index contributed by atoms with van der Waals surface area (Å²) in [7, 11) is 1.62. The minimum Gasteiger partial charge on any atom is -0.495 e. The van der Waals surface area contributed by atoms with Crippen molar-refractivity contribution in [3.05, 3.63) is 86.8 Å². The molecule has 3 rings (SSSR count). The van der Waals surface area contributed by atoms with Gasteiger partial charge in [0.2, 0.25) is 0 Å². The highest BCUT2D eigenvalue weighted by Gasteiger charge is 2.15. The molecule has 1 atom stereocenters. The summed E-state index contributed by atoms with van der Waals surface area (Å²) in [5, 5.41) is 0.634. The number of benzene rings is 2. The molecule has 1 heterocycles. The summed E-state index contributed by atoms with van der Waals surface area (Å²) in [6, 6.07) is 15.7. The summed E-state index contributed by atoms with van der Waals surface area (Å²) in [6.45, 7) is 6.12. The van der Waals surface area contributed by atoms with Crippen molar-refractivity contribution in [3.63, 3.8) is 0 Å². The summed E-state index contributed by atoms with van der Waals surface area (Å²) >= 11 is 6.16. The number of rotatable bonds is 5. The third kappa shape index (κ3) is 4.25. The molecule has 1 unspecified atom stereocenters. The van der Waals surface area contributed by atoms with Crippen LogP contribution >= 0.6 is 11.6 Å². The zero-order valence-electron chi connectivity index (χ0n) is 16.1. The molecule has 0 amide bonds. The lowest BCUT2D eigenvalue weighted by Gasteiger charge is -2.19. The van der Waals surface area contributed by atoms with Crippen LogP contribution in [-0.2, 0) is 6.42 Å². The van der Waals surface area contributed by atoms with Gasteiger partial charge in [-0.25, -0.2) is 0 Å². The lowest BCUT2D eigenvalue weighted by molar-refractivity contribution is 0.404. The van der Waals surface area contributed by atoms with E-state index in [-0.39, 0.29) is 11.6 Å².